The molecule has 0 bridgehead atoms. The van der Waals surface area contributed by atoms with Gasteiger partial charge in [-0.25, -0.2) is 0 Å². The monoisotopic (exact) mass is 406 g/mol. The van der Waals surface area contributed by atoms with Crippen molar-refractivity contribution in [1.82, 2.24) is 19.9 Å². The van der Waals surface area contributed by atoms with Crippen LogP contribution in [0.2, 0.25) is 0 Å². The fourth-order valence-electron chi connectivity index (χ4n) is 3.88. The first-order chi connectivity index (χ1) is 14.7. The maximum absolute atomic E-state index is 5.65. The summed E-state index contributed by atoms with van der Waals surface area (Å²) in [6.45, 7) is 10.4. The number of aromatic nitrogens is 2. The van der Waals surface area contributed by atoms with Crippen LogP contribution in [0.15, 0.2) is 59.1 Å². The molecule has 158 valence electrons. The second-order valence-corrected chi connectivity index (χ2v) is 7.98. The first-order valence-corrected chi connectivity index (χ1v) is 10.7. The Hall–Kier alpha value is -2.54. The fourth-order valence-corrected chi connectivity index (χ4v) is 3.88. The summed E-state index contributed by atoms with van der Waals surface area (Å²) in [4.78, 5) is 9.59. The van der Waals surface area contributed by atoms with E-state index in [4.69, 9.17) is 14.2 Å². The highest BCUT2D eigenvalue weighted by Gasteiger charge is 2.22. The number of benzene rings is 2. The molecule has 0 amide bonds. The predicted molar refractivity (Wildman–Crippen MR) is 117 cm³/mol. The van der Waals surface area contributed by atoms with Crippen molar-refractivity contribution in [3.05, 3.63) is 71.6 Å². The number of hydrogen-bond donors (Lipinski definition) is 0. The molecule has 30 heavy (non-hydrogen) atoms. The summed E-state index contributed by atoms with van der Waals surface area (Å²) >= 11 is 0. The van der Waals surface area contributed by atoms with Gasteiger partial charge in [0.05, 0.1) is 19.8 Å². The summed E-state index contributed by atoms with van der Waals surface area (Å²) in [5.41, 5.74) is 3.44. The third kappa shape index (κ3) is 5.33. The van der Waals surface area contributed by atoms with E-state index in [2.05, 4.69) is 65.2 Å². The largest absolute Gasteiger partial charge is 0.379 e. The van der Waals surface area contributed by atoms with E-state index < -0.39 is 0 Å². The van der Waals surface area contributed by atoms with Crippen LogP contribution in [0.4, 0.5) is 0 Å². The van der Waals surface area contributed by atoms with Crippen LogP contribution in [-0.2, 0) is 17.8 Å². The number of ether oxygens (including phenoxy) is 1. The molecule has 2 aromatic carbocycles. The Morgan fingerprint density at radius 1 is 1.00 bits per heavy atom. The van der Waals surface area contributed by atoms with Gasteiger partial charge in [0, 0.05) is 37.8 Å². The summed E-state index contributed by atoms with van der Waals surface area (Å²) in [6.07, 6.45) is 0. The molecule has 0 radical (unpaired) electrons. The number of morpholine rings is 1. The molecule has 1 unspecified atom stereocenters. The molecule has 6 heteroatoms. The topological polar surface area (TPSA) is 54.6 Å². The molecule has 1 aliphatic rings. The van der Waals surface area contributed by atoms with Crippen LogP contribution in [0.1, 0.15) is 23.9 Å². The normalized spacial score (nSPS) is 16.1. The third-order valence-corrected chi connectivity index (χ3v) is 5.67. The van der Waals surface area contributed by atoms with Gasteiger partial charge in [-0.05, 0) is 25.0 Å². The summed E-state index contributed by atoms with van der Waals surface area (Å²) in [7, 11) is 0. The molecule has 1 saturated heterocycles. The average molecular weight is 407 g/mol. The Balaban J connectivity index is 1.49. The van der Waals surface area contributed by atoms with Crippen molar-refractivity contribution in [3.63, 3.8) is 0 Å². The van der Waals surface area contributed by atoms with Gasteiger partial charge in [-0.1, -0.05) is 59.8 Å². The second kappa shape index (κ2) is 9.98. The van der Waals surface area contributed by atoms with Crippen LogP contribution in [0.5, 0.6) is 0 Å². The first kappa shape index (κ1) is 20.7. The van der Waals surface area contributed by atoms with Crippen LogP contribution in [0.3, 0.4) is 0 Å². The molecule has 1 atom stereocenters. The van der Waals surface area contributed by atoms with E-state index >= 15 is 0 Å². The van der Waals surface area contributed by atoms with E-state index in [0.717, 1.165) is 50.5 Å². The highest BCUT2D eigenvalue weighted by atomic mass is 16.5. The molecule has 6 nitrogen and oxygen atoms in total. The van der Waals surface area contributed by atoms with Gasteiger partial charge in [-0.3, -0.25) is 9.80 Å². The van der Waals surface area contributed by atoms with Gasteiger partial charge in [0.1, 0.15) is 0 Å². The standard InChI is InChI=1S/C24H30N4O2/c1-19-8-6-7-11-22(19)24-25-23(30-26-24)18-28(17-21-9-4-3-5-10-21)20(2)16-27-12-14-29-15-13-27/h3-11,20H,12-18H2,1-2H3. The maximum atomic E-state index is 5.65. The Morgan fingerprint density at radius 3 is 2.50 bits per heavy atom. The molecule has 1 aromatic heterocycles. The van der Waals surface area contributed by atoms with Crippen LogP contribution < -0.4 is 0 Å². The summed E-state index contributed by atoms with van der Waals surface area (Å²) in [6, 6.07) is 19.0. The molecule has 1 aliphatic heterocycles. The molecule has 1 fully saturated rings. The lowest BCUT2D eigenvalue weighted by molar-refractivity contribution is 0.0214. The smallest absolute Gasteiger partial charge is 0.241 e. The van der Waals surface area contributed by atoms with Crippen molar-refractivity contribution in [2.75, 3.05) is 32.8 Å². The fraction of sp³-hybridized carbons (Fsp3) is 0.417. The molecule has 0 aliphatic carbocycles. The SMILES string of the molecule is Cc1ccccc1-c1noc(CN(Cc2ccccc2)C(C)CN2CCOCC2)n1. The molecule has 0 spiro atoms. The number of hydrogen-bond acceptors (Lipinski definition) is 6. The Kier molecular flexibility index (Phi) is 6.89. The van der Waals surface area contributed by atoms with E-state index in [-0.39, 0.29) is 0 Å². The van der Waals surface area contributed by atoms with Gasteiger partial charge < -0.3 is 9.26 Å². The van der Waals surface area contributed by atoms with Gasteiger partial charge in [0.25, 0.3) is 0 Å². The highest BCUT2D eigenvalue weighted by Crippen LogP contribution is 2.21. The Bertz CT molecular complexity index is 922. The zero-order valence-electron chi connectivity index (χ0n) is 17.8. The number of rotatable bonds is 8. The summed E-state index contributed by atoms with van der Waals surface area (Å²) in [5, 5.41) is 4.24. The van der Waals surface area contributed by atoms with Crippen molar-refractivity contribution < 1.29 is 9.26 Å². The third-order valence-electron chi connectivity index (χ3n) is 5.67. The van der Waals surface area contributed by atoms with Gasteiger partial charge in [0.15, 0.2) is 0 Å². The van der Waals surface area contributed by atoms with Crippen molar-refractivity contribution in [3.8, 4) is 11.4 Å². The predicted octanol–water partition coefficient (Wildman–Crippen LogP) is 3.77. The zero-order valence-corrected chi connectivity index (χ0v) is 17.8. The average Bonchev–Trinajstić information content (AvgIpc) is 3.23. The molecule has 0 saturated carbocycles. The lowest BCUT2D eigenvalue weighted by Gasteiger charge is -2.34. The van der Waals surface area contributed by atoms with Crippen LogP contribution in [-0.4, -0.2) is 58.8 Å². The number of nitrogens with zero attached hydrogens (tertiary/aromatic N) is 4. The van der Waals surface area contributed by atoms with Crippen LogP contribution in [0, 0.1) is 6.92 Å². The van der Waals surface area contributed by atoms with Gasteiger partial charge in [-0.15, -0.1) is 0 Å². The van der Waals surface area contributed by atoms with E-state index in [1.807, 2.05) is 18.2 Å². The quantitative estimate of drug-likeness (QED) is 0.568. The minimum Gasteiger partial charge on any atom is -0.379 e. The Morgan fingerprint density at radius 2 is 1.73 bits per heavy atom. The van der Waals surface area contributed by atoms with Crippen molar-refractivity contribution in [1.29, 1.82) is 0 Å². The summed E-state index contributed by atoms with van der Waals surface area (Å²) in [5.74, 6) is 1.31. The minimum atomic E-state index is 0.345. The molecule has 3 aromatic rings. The number of aryl methyl sites for hydroxylation is 1. The molecule has 0 N–H and O–H groups in total. The van der Waals surface area contributed by atoms with Crippen molar-refractivity contribution >= 4 is 0 Å². The highest BCUT2D eigenvalue weighted by molar-refractivity contribution is 5.58. The summed E-state index contributed by atoms with van der Waals surface area (Å²) < 4.78 is 11.1. The molecule has 4 rings (SSSR count). The maximum Gasteiger partial charge on any atom is 0.241 e. The minimum absolute atomic E-state index is 0.345. The van der Waals surface area contributed by atoms with Gasteiger partial charge in [0.2, 0.25) is 11.7 Å². The van der Waals surface area contributed by atoms with Crippen LogP contribution in [0.25, 0.3) is 11.4 Å². The zero-order chi connectivity index (χ0) is 20.8. The second-order valence-electron chi connectivity index (χ2n) is 7.98. The molecule has 2 heterocycles. The van der Waals surface area contributed by atoms with E-state index in [9.17, 15) is 0 Å². The van der Waals surface area contributed by atoms with Crippen molar-refractivity contribution in [2.45, 2.75) is 33.0 Å². The van der Waals surface area contributed by atoms with Gasteiger partial charge >= 0.3 is 0 Å². The lowest BCUT2D eigenvalue weighted by atomic mass is 10.1. The Labute approximate surface area is 178 Å². The molecular weight excluding hydrogens is 376 g/mol. The van der Waals surface area contributed by atoms with Gasteiger partial charge in [-0.2, -0.15) is 4.98 Å². The van der Waals surface area contributed by atoms with E-state index in [0.29, 0.717) is 24.3 Å². The van der Waals surface area contributed by atoms with E-state index in [1.54, 1.807) is 0 Å². The lowest BCUT2D eigenvalue weighted by Crippen LogP contribution is -2.45. The van der Waals surface area contributed by atoms with Crippen molar-refractivity contribution in [2.24, 2.45) is 0 Å². The van der Waals surface area contributed by atoms with Crippen LogP contribution >= 0.6 is 0 Å². The first-order valence-electron chi connectivity index (χ1n) is 10.7. The molecular formula is C24H30N4O2. The van der Waals surface area contributed by atoms with E-state index in [1.165, 1.54) is 5.56 Å².